The monoisotopic (exact) mass is 479 g/mol. The average Bonchev–Trinajstić information content (AvgIpc) is 3.26. The Morgan fingerprint density at radius 2 is 1.71 bits per heavy atom. The van der Waals surface area contributed by atoms with Crippen LogP contribution in [0.4, 0.5) is 5.69 Å². The van der Waals surface area contributed by atoms with Gasteiger partial charge in [0.2, 0.25) is 17.7 Å². The summed E-state index contributed by atoms with van der Waals surface area (Å²) in [5.41, 5.74) is 2.36. The van der Waals surface area contributed by atoms with Crippen LogP contribution in [0.2, 0.25) is 0 Å². The van der Waals surface area contributed by atoms with Crippen LogP contribution in [0.1, 0.15) is 38.3 Å². The topological polar surface area (TPSA) is 105 Å². The number of carbonyl (C=O) groups is 4. The number of nitrogens with zero attached hydrogens (tertiary/aromatic N) is 1. The zero-order chi connectivity index (χ0) is 25.4. The van der Waals surface area contributed by atoms with Gasteiger partial charge in [-0.1, -0.05) is 68.8 Å². The number of nitrogens with one attached hydrogen (secondary N) is 2. The standard InChI is InChI=1S/C27H33N3O5/c1-4-18(3)25(29-23(31)15-19-11-7-6-8-12-19)26(33)28-17-24(32)30-21-14-10-9-13-20(21)16-22(30)27(34)35-5-2/h6-14,18,22,25H,4-5,15-17H2,1-3H3,(H,28,33)(H,29,31). The fourth-order valence-corrected chi connectivity index (χ4v) is 4.19. The van der Waals surface area contributed by atoms with E-state index in [0.717, 1.165) is 11.1 Å². The van der Waals surface area contributed by atoms with E-state index in [-0.39, 0.29) is 31.4 Å². The molecule has 1 aliphatic heterocycles. The second kappa shape index (κ2) is 12.1. The van der Waals surface area contributed by atoms with Gasteiger partial charge >= 0.3 is 5.97 Å². The Morgan fingerprint density at radius 1 is 1.03 bits per heavy atom. The Morgan fingerprint density at radius 3 is 2.40 bits per heavy atom. The predicted molar refractivity (Wildman–Crippen MR) is 133 cm³/mol. The lowest BCUT2D eigenvalue weighted by atomic mass is 9.98. The molecule has 3 unspecified atom stereocenters. The van der Waals surface area contributed by atoms with Gasteiger partial charge in [-0.3, -0.25) is 19.3 Å². The van der Waals surface area contributed by atoms with Gasteiger partial charge < -0.3 is 15.4 Å². The smallest absolute Gasteiger partial charge is 0.329 e. The molecule has 35 heavy (non-hydrogen) atoms. The van der Waals surface area contributed by atoms with Crippen LogP contribution < -0.4 is 15.5 Å². The largest absolute Gasteiger partial charge is 0.464 e. The number of benzene rings is 2. The fourth-order valence-electron chi connectivity index (χ4n) is 4.19. The number of para-hydroxylation sites is 1. The number of hydrogen-bond donors (Lipinski definition) is 2. The second-order valence-electron chi connectivity index (χ2n) is 8.68. The predicted octanol–water partition coefficient (Wildman–Crippen LogP) is 2.40. The molecule has 2 N–H and O–H groups in total. The molecule has 1 aliphatic rings. The van der Waals surface area contributed by atoms with E-state index in [2.05, 4.69) is 10.6 Å². The Kier molecular flexibility index (Phi) is 9.00. The van der Waals surface area contributed by atoms with Crippen molar-refractivity contribution < 1.29 is 23.9 Å². The molecule has 0 saturated carbocycles. The van der Waals surface area contributed by atoms with Crippen molar-refractivity contribution in [3.05, 3.63) is 65.7 Å². The lowest BCUT2D eigenvalue weighted by molar-refractivity contribution is -0.145. The molecule has 186 valence electrons. The van der Waals surface area contributed by atoms with Crippen molar-refractivity contribution in [3.63, 3.8) is 0 Å². The number of fused-ring (bicyclic) bond motifs is 1. The lowest BCUT2D eigenvalue weighted by Gasteiger charge is -2.26. The highest BCUT2D eigenvalue weighted by Gasteiger charge is 2.39. The van der Waals surface area contributed by atoms with E-state index in [0.29, 0.717) is 18.5 Å². The first kappa shape index (κ1) is 25.9. The summed E-state index contributed by atoms with van der Waals surface area (Å²) >= 11 is 0. The van der Waals surface area contributed by atoms with Crippen molar-refractivity contribution in [2.24, 2.45) is 5.92 Å². The minimum Gasteiger partial charge on any atom is -0.464 e. The van der Waals surface area contributed by atoms with Gasteiger partial charge in [-0.15, -0.1) is 0 Å². The van der Waals surface area contributed by atoms with Gasteiger partial charge in [-0.2, -0.15) is 0 Å². The van der Waals surface area contributed by atoms with Gasteiger partial charge in [-0.05, 0) is 30.0 Å². The third kappa shape index (κ3) is 6.47. The zero-order valence-electron chi connectivity index (χ0n) is 20.5. The molecule has 2 aromatic carbocycles. The summed E-state index contributed by atoms with van der Waals surface area (Å²) in [5, 5.41) is 5.49. The van der Waals surface area contributed by atoms with Gasteiger partial charge in [0.25, 0.3) is 0 Å². The SMILES string of the molecule is CCOC(=O)C1Cc2ccccc2N1C(=O)CNC(=O)C(NC(=O)Cc1ccccc1)C(C)CC. The highest BCUT2D eigenvalue weighted by atomic mass is 16.5. The highest BCUT2D eigenvalue weighted by Crippen LogP contribution is 2.32. The molecule has 3 rings (SSSR count). The summed E-state index contributed by atoms with van der Waals surface area (Å²) in [4.78, 5) is 52.7. The Labute approximate surface area is 206 Å². The summed E-state index contributed by atoms with van der Waals surface area (Å²) in [6.45, 7) is 5.44. The van der Waals surface area contributed by atoms with Crippen LogP contribution in [0.5, 0.6) is 0 Å². The first-order valence-corrected chi connectivity index (χ1v) is 12.0. The lowest BCUT2D eigenvalue weighted by Crippen LogP contribution is -2.53. The molecular weight excluding hydrogens is 446 g/mol. The van der Waals surface area contributed by atoms with Gasteiger partial charge in [0, 0.05) is 12.1 Å². The van der Waals surface area contributed by atoms with Gasteiger partial charge in [0.1, 0.15) is 12.1 Å². The number of anilines is 1. The second-order valence-corrected chi connectivity index (χ2v) is 8.68. The van der Waals surface area contributed by atoms with Crippen molar-refractivity contribution >= 4 is 29.4 Å². The van der Waals surface area contributed by atoms with Crippen LogP contribution in [0.25, 0.3) is 0 Å². The third-order valence-electron chi connectivity index (χ3n) is 6.24. The van der Waals surface area contributed by atoms with Crippen LogP contribution in [0.15, 0.2) is 54.6 Å². The van der Waals surface area contributed by atoms with E-state index in [1.54, 1.807) is 19.1 Å². The first-order chi connectivity index (χ1) is 16.8. The van der Waals surface area contributed by atoms with Crippen LogP contribution >= 0.6 is 0 Å². The summed E-state index contributed by atoms with van der Waals surface area (Å²) in [6, 6.07) is 15.0. The van der Waals surface area contributed by atoms with E-state index in [1.807, 2.05) is 56.3 Å². The van der Waals surface area contributed by atoms with E-state index < -0.39 is 29.9 Å². The molecule has 3 amide bonds. The van der Waals surface area contributed by atoms with E-state index in [1.165, 1.54) is 4.90 Å². The molecular formula is C27H33N3O5. The zero-order valence-corrected chi connectivity index (χ0v) is 20.5. The number of hydrogen-bond acceptors (Lipinski definition) is 5. The molecule has 8 nitrogen and oxygen atoms in total. The molecule has 1 heterocycles. The maximum atomic E-state index is 13.2. The molecule has 0 saturated heterocycles. The molecule has 8 heteroatoms. The van der Waals surface area contributed by atoms with Crippen LogP contribution in [0.3, 0.4) is 0 Å². The average molecular weight is 480 g/mol. The molecule has 0 radical (unpaired) electrons. The summed E-state index contributed by atoms with van der Waals surface area (Å²) in [6.07, 6.45) is 1.19. The third-order valence-corrected chi connectivity index (χ3v) is 6.24. The van der Waals surface area contributed by atoms with E-state index >= 15 is 0 Å². The van der Waals surface area contributed by atoms with E-state index in [9.17, 15) is 19.2 Å². The molecule has 0 bridgehead atoms. The van der Waals surface area contributed by atoms with Gasteiger partial charge in [0.15, 0.2) is 0 Å². The molecule has 0 aromatic heterocycles. The maximum Gasteiger partial charge on any atom is 0.329 e. The summed E-state index contributed by atoms with van der Waals surface area (Å²) < 4.78 is 5.17. The van der Waals surface area contributed by atoms with Crippen LogP contribution in [0, 0.1) is 5.92 Å². The normalized spacial score (nSPS) is 16.1. The Balaban J connectivity index is 1.67. The van der Waals surface area contributed by atoms with Gasteiger partial charge in [-0.25, -0.2) is 4.79 Å². The number of esters is 1. The molecule has 0 fully saturated rings. The number of rotatable bonds is 10. The Hall–Kier alpha value is -3.68. The fraction of sp³-hybridized carbons (Fsp3) is 0.407. The molecule has 2 aromatic rings. The van der Waals surface area contributed by atoms with Crippen molar-refractivity contribution in [2.75, 3.05) is 18.1 Å². The Bertz CT molecular complexity index is 1060. The molecule has 3 atom stereocenters. The van der Waals surface area contributed by atoms with Crippen molar-refractivity contribution in [3.8, 4) is 0 Å². The quantitative estimate of drug-likeness (QED) is 0.509. The van der Waals surface area contributed by atoms with Crippen LogP contribution in [-0.2, 0) is 36.8 Å². The summed E-state index contributed by atoms with van der Waals surface area (Å²) in [5.74, 6) is -1.73. The molecule has 0 spiro atoms. The van der Waals surface area contributed by atoms with Crippen molar-refractivity contribution in [1.29, 1.82) is 0 Å². The maximum absolute atomic E-state index is 13.2. The number of ether oxygens (including phenoxy) is 1. The summed E-state index contributed by atoms with van der Waals surface area (Å²) in [7, 11) is 0. The first-order valence-electron chi connectivity index (χ1n) is 12.0. The number of amides is 3. The molecule has 0 aliphatic carbocycles. The minimum atomic E-state index is -0.782. The van der Waals surface area contributed by atoms with Crippen molar-refractivity contribution in [1.82, 2.24) is 10.6 Å². The van der Waals surface area contributed by atoms with Crippen LogP contribution in [-0.4, -0.2) is 48.9 Å². The van der Waals surface area contributed by atoms with E-state index in [4.69, 9.17) is 4.74 Å². The number of carbonyl (C=O) groups excluding carboxylic acids is 4. The minimum absolute atomic E-state index is 0.135. The van der Waals surface area contributed by atoms with Gasteiger partial charge in [0.05, 0.1) is 19.6 Å². The highest BCUT2D eigenvalue weighted by molar-refractivity contribution is 6.04. The van der Waals surface area contributed by atoms with Crippen molar-refractivity contribution in [2.45, 2.75) is 52.1 Å².